The van der Waals surface area contributed by atoms with Gasteiger partial charge < -0.3 is 14.6 Å². The number of benzene rings is 2. The van der Waals surface area contributed by atoms with Crippen LogP contribution in [0.3, 0.4) is 0 Å². The Balaban J connectivity index is 1.18. The van der Waals surface area contributed by atoms with Gasteiger partial charge in [0.25, 0.3) is 0 Å². The van der Waals surface area contributed by atoms with Gasteiger partial charge in [0.1, 0.15) is 18.1 Å². The third kappa shape index (κ3) is 5.95. The molecule has 2 aliphatic heterocycles. The minimum absolute atomic E-state index is 0.0956. The van der Waals surface area contributed by atoms with Gasteiger partial charge in [0.15, 0.2) is 0 Å². The first-order chi connectivity index (χ1) is 22.1. The Morgan fingerprint density at radius 2 is 1.80 bits per heavy atom. The standard InChI is InChI=1S/C37H34N2O5S/c40-32-14-5-4-9-25(32)19-24(31-13-6-7-17-38-31)15-16-33-34-26(22-43-27-10-2-1-3-11-27)20-29-35(30(34)23-44-33)37(42)39(36(29)41)21-28-12-8-18-45-28/h1-14,17-19,29-30,33,35,40H,15-16,20-23H2/b24-19-/t29-,30+,33-,35-/m1/s1. The Kier molecular flexibility index (Phi) is 8.33. The van der Waals surface area contributed by atoms with Crippen molar-refractivity contribution in [2.24, 2.45) is 17.8 Å². The summed E-state index contributed by atoms with van der Waals surface area (Å²) in [4.78, 5) is 34.6. The molecule has 7 rings (SSSR count). The van der Waals surface area contributed by atoms with Gasteiger partial charge in [-0.15, -0.1) is 11.3 Å². The molecule has 2 saturated heterocycles. The summed E-state index contributed by atoms with van der Waals surface area (Å²) in [6, 6.07) is 26.6. The van der Waals surface area contributed by atoms with Crippen LogP contribution in [-0.2, 0) is 20.9 Å². The van der Waals surface area contributed by atoms with E-state index in [4.69, 9.17) is 9.47 Å². The van der Waals surface area contributed by atoms with E-state index in [9.17, 15) is 14.7 Å². The Hall–Kier alpha value is -4.53. The van der Waals surface area contributed by atoms with E-state index in [2.05, 4.69) is 4.98 Å². The summed E-state index contributed by atoms with van der Waals surface area (Å²) in [6.07, 6.45) is 5.31. The molecule has 4 aromatic rings. The second kappa shape index (κ2) is 12.8. The number of hydrogen-bond donors (Lipinski definition) is 1. The molecule has 1 aliphatic carbocycles. The fourth-order valence-corrected chi connectivity index (χ4v) is 7.68. The van der Waals surface area contributed by atoms with Gasteiger partial charge in [0, 0.05) is 22.6 Å². The summed E-state index contributed by atoms with van der Waals surface area (Å²) in [6.45, 7) is 1.05. The van der Waals surface area contributed by atoms with Crippen molar-refractivity contribution in [1.82, 2.24) is 9.88 Å². The molecule has 4 heterocycles. The number of allylic oxidation sites excluding steroid dienone is 1. The molecule has 1 N–H and O–H groups in total. The number of carbonyl (C=O) groups excluding carboxylic acids is 2. The Labute approximate surface area is 266 Å². The number of likely N-dealkylation sites (tertiary alicyclic amines) is 1. The second-order valence-electron chi connectivity index (χ2n) is 11.7. The second-order valence-corrected chi connectivity index (χ2v) is 12.8. The lowest BCUT2D eigenvalue weighted by atomic mass is 9.69. The average molecular weight is 619 g/mol. The number of aromatic nitrogens is 1. The average Bonchev–Trinajstić information content (AvgIpc) is 3.80. The van der Waals surface area contributed by atoms with Gasteiger partial charge >= 0.3 is 0 Å². The number of ether oxygens (including phenoxy) is 2. The van der Waals surface area contributed by atoms with E-state index in [1.807, 2.05) is 84.3 Å². The highest BCUT2D eigenvalue weighted by molar-refractivity contribution is 7.09. The highest BCUT2D eigenvalue weighted by Gasteiger charge is 2.57. The van der Waals surface area contributed by atoms with Gasteiger partial charge in [-0.05, 0) is 83.8 Å². The number of phenols is 1. The Morgan fingerprint density at radius 3 is 2.58 bits per heavy atom. The third-order valence-corrected chi connectivity index (χ3v) is 9.95. The summed E-state index contributed by atoms with van der Waals surface area (Å²) in [5.74, 6) is -0.230. The van der Waals surface area contributed by atoms with E-state index >= 15 is 0 Å². The summed E-state index contributed by atoms with van der Waals surface area (Å²) in [5.41, 5.74) is 4.70. The molecule has 2 aromatic heterocycles. The smallest absolute Gasteiger partial charge is 0.234 e. The molecule has 0 bridgehead atoms. The van der Waals surface area contributed by atoms with Gasteiger partial charge in [0.05, 0.1) is 36.8 Å². The highest BCUT2D eigenvalue weighted by Crippen LogP contribution is 2.50. The zero-order chi connectivity index (χ0) is 30.8. The fraction of sp³-hybridized carbons (Fsp3) is 0.270. The number of hydrogen-bond acceptors (Lipinski definition) is 7. The van der Waals surface area contributed by atoms with Crippen LogP contribution in [0, 0.1) is 17.8 Å². The van der Waals surface area contributed by atoms with Crippen molar-refractivity contribution in [2.75, 3.05) is 13.2 Å². The maximum Gasteiger partial charge on any atom is 0.234 e. The van der Waals surface area contributed by atoms with Crippen LogP contribution in [0.2, 0.25) is 0 Å². The molecule has 7 nitrogen and oxygen atoms in total. The first kappa shape index (κ1) is 29.2. The third-order valence-electron chi connectivity index (χ3n) is 9.09. The highest BCUT2D eigenvalue weighted by atomic mass is 32.1. The van der Waals surface area contributed by atoms with Crippen LogP contribution in [0.5, 0.6) is 11.5 Å². The number of imide groups is 1. The fourth-order valence-electron chi connectivity index (χ4n) is 6.98. The molecule has 2 aromatic carbocycles. The summed E-state index contributed by atoms with van der Waals surface area (Å²) in [5, 5.41) is 12.5. The van der Waals surface area contributed by atoms with Crippen molar-refractivity contribution in [3.63, 3.8) is 0 Å². The topological polar surface area (TPSA) is 89.0 Å². The molecule has 45 heavy (non-hydrogen) atoms. The maximum absolute atomic E-state index is 13.9. The van der Waals surface area contributed by atoms with Crippen LogP contribution < -0.4 is 4.74 Å². The number of aromatic hydroxyl groups is 1. The molecule has 4 atom stereocenters. The summed E-state index contributed by atoms with van der Waals surface area (Å²) >= 11 is 1.55. The number of phenolic OH excluding ortho intramolecular Hbond substituents is 1. The number of thiophene rings is 1. The van der Waals surface area contributed by atoms with Crippen LogP contribution in [-0.4, -0.2) is 46.1 Å². The number of rotatable bonds is 10. The molecule has 228 valence electrons. The lowest BCUT2D eigenvalue weighted by molar-refractivity contribution is -0.140. The minimum Gasteiger partial charge on any atom is -0.507 e. The molecule has 0 saturated carbocycles. The van der Waals surface area contributed by atoms with Gasteiger partial charge in [-0.3, -0.25) is 19.5 Å². The predicted octanol–water partition coefficient (Wildman–Crippen LogP) is 6.77. The molecule has 0 spiro atoms. The molecular weight excluding hydrogens is 584 g/mol. The first-order valence-corrected chi connectivity index (χ1v) is 16.2. The van der Waals surface area contributed by atoms with Gasteiger partial charge in [-0.2, -0.15) is 0 Å². The van der Waals surface area contributed by atoms with Gasteiger partial charge in [-0.1, -0.05) is 48.5 Å². The van der Waals surface area contributed by atoms with Crippen LogP contribution >= 0.6 is 11.3 Å². The molecule has 2 fully saturated rings. The molecule has 0 unspecified atom stereocenters. The van der Waals surface area contributed by atoms with E-state index in [1.54, 1.807) is 29.7 Å². The molecule has 8 heteroatoms. The Morgan fingerprint density at radius 1 is 0.978 bits per heavy atom. The zero-order valence-electron chi connectivity index (χ0n) is 24.7. The van der Waals surface area contributed by atoms with Crippen LogP contribution in [0.4, 0.5) is 0 Å². The van der Waals surface area contributed by atoms with E-state index in [1.165, 1.54) is 4.90 Å². The summed E-state index contributed by atoms with van der Waals surface area (Å²) < 4.78 is 12.7. The summed E-state index contributed by atoms with van der Waals surface area (Å²) in [7, 11) is 0. The van der Waals surface area contributed by atoms with E-state index < -0.39 is 11.8 Å². The van der Waals surface area contributed by atoms with Crippen molar-refractivity contribution in [3.05, 3.63) is 124 Å². The number of pyridine rings is 1. The quantitative estimate of drug-likeness (QED) is 0.156. The van der Waals surface area contributed by atoms with Crippen molar-refractivity contribution >= 4 is 34.8 Å². The number of nitrogens with zero attached hydrogens (tertiary/aromatic N) is 2. The van der Waals surface area contributed by atoms with Crippen LogP contribution in [0.25, 0.3) is 11.6 Å². The zero-order valence-corrected chi connectivity index (χ0v) is 25.6. The Bertz CT molecular complexity index is 1730. The first-order valence-electron chi connectivity index (χ1n) is 15.4. The maximum atomic E-state index is 13.9. The SMILES string of the molecule is O=C1[C@@H]2[C@@H](CC(COc3ccccc3)=C3[C@@H](CC/C(=C/c4ccccc4O)c4ccccn4)OC[C@@H]32)C(=O)N1Cc1cccs1. The van der Waals surface area contributed by atoms with Crippen LogP contribution in [0.15, 0.2) is 108 Å². The minimum atomic E-state index is -0.426. The molecule has 2 amide bonds. The predicted molar refractivity (Wildman–Crippen MR) is 173 cm³/mol. The van der Waals surface area contributed by atoms with Crippen molar-refractivity contribution in [1.29, 1.82) is 0 Å². The molecule has 0 radical (unpaired) electrons. The largest absolute Gasteiger partial charge is 0.507 e. The van der Waals surface area contributed by atoms with Gasteiger partial charge in [0.2, 0.25) is 11.8 Å². The number of fused-ring (bicyclic) bond motifs is 3. The van der Waals surface area contributed by atoms with Crippen LogP contribution in [0.1, 0.15) is 35.4 Å². The van der Waals surface area contributed by atoms with Crippen molar-refractivity contribution in [3.8, 4) is 11.5 Å². The number of para-hydroxylation sites is 2. The lowest BCUT2D eigenvalue weighted by Gasteiger charge is -2.31. The van der Waals surface area contributed by atoms with Gasteiger partial charge in [-0.25, -0.2) is 0 Å². The van der Waals surface area contributed by atoms with E-state index in [0.29, 0.717) is 39.0 Å². The molecular formula is C37H34N2O5S. The normalized spacial score (nSPS) is 22.9. The van der Waals surface area contributed by atoms with E-state index in [-0.39, 0.29) is 29.6 Å². The monoisotopic (exact) mass is 618 g/mol. The van der Waals surface area contributed by atoms with Crippen molar-refractivity contribution in [2.45, 2.75) is 31.9 Å². The molecule has 3 aliphatic rings. The van der Waals surface area contributed by atoms with E-state index in [0.717, 1.165) is 38.6 Å². The number of amides is 2. The van der Waals surface area contributed by atoms with Crippen molar-refractivity contribution < 1.29 is 24.2 Å². The number of carbonyl (C=O) groups is 2. The lowest BCUT2D eigenvalue weighted by Crippen LogP contribution is -2.35.